The van der Waals surface area contributed by atoms with Crippen molar-refractivity contribution in [2.45, 2.75) is 37.8 Å². The molecule has 2 fully saturated rings. The third-order valence-corrected chi connectivity index (χ3v) is 7.28. The Hall–Kier alpha value is -3.34. The van der Waals surface area contributed by atoms with Crippen LogP contribution in [0.2, 0.25) is 0 Å². The van der Waals surface area contributed by atoms with Gasteiger partial charge in [-0.05, 0) is 24.5 Å². The lowest BCUT2D eigenvalue weighted by molar-refractivity contribution is 0.0796. The van der Waals surface area contributed by atoms with E-state index in [-0.39, 0.29) is 37.4 Å². The van der Waals surface area contributed by atoms with Crippen LogP contribution in [0, 0.1) is 11.8 Å². The van der Waals surface area contributed by atoms with Gasteiger partial charge in [-0.15, -0.1) is 0 Å². The summed E-state index contributed by atoms with van der Waals surface area (Å²) in [4.78, 5) is 23.4. The summed E-state index contributed by atoms with van der Waals surface area (Å²) in [5.74, 6) is -3.42. The van der Waals surface area contributed by atoms with Gasteiger partial charge in [-0.2, -0.15) is 0 Å². The Labute approximate surface area is 193 Å². The average molecular weight is 470 g/mol. The van der Waals surface area contributed by atoms with Crippen LogP contribution < -0.4 is 10.2 Å². The summed E-state index contributed by atoms with van der Waals surface area (Å²) >= 11 is 0. The predicted octanol–water partition coefficient (Wildman–Crippen LogP) is 2.00. The fraction of sp³-hybridized carbons (Fsp3) is 0.478. The molecule has 1 saturated carbocycles. The predicted molar refractivity (Wildman–Crippen MR) is 115 cm³/mol. The maximum absolute atomic E-state index is 13.5. The van der Waals surface area contributed by atoms with Gasteiger partial charge in [0.2, 0.25) is 5.76 Å². The number of amides is 1. The molecule has 0 radical (unpaired) electrons. The standard InChI is InChI=1S/C23H24F2N6O3/c1-30-11-26-21-16(3-4-18(21)30)28-22(33)19-7-13(29-34-19)6-12-2-5-20(27-17(12)10-32)31-8-14-15(9-31)23(14,24)25/h2,5,7,11,14-16,32H,3-4,6,8-10H2,1H3,(H,28,33)/t14?,15?,16-/m1/s1. The van der Waals surface area contributed by atoms with Crippen molar-refractivity contribution in [3.63, 3.8) is 0 Å². The van der Waals surface area contributed by atoms with Gasteiger partial charge in [0, 0.05) is 38.3 Å². The highest BCUT2D eigenvalue weighted by atomic mass is 19.3. The van der Waals surface area contributed by atoms with E-state index in [1.807, 2.05) is 22.6 Å². The van der Waals surface area contributed by atoms with E-state index in [9.17, 15) is 18.7 Å². The smallest absolute Gasteiger partial charge is 0.290 e. The molecule has 6 rings (SSSR count). The number of nitrogens with zero attached hydrogens (tertiary/aromatic N) is 5. The third-order valence-electron chi connectivity index (χ3n) is 7.28. The molecule has 1 aliphatic heterocycles. The highest BCUT2D eigenvalue weighted by Gasteiger charge is 2.71. The number of fused-ring (bicyclic) bond motifs is 2. The molecule has 178 valence electrons. The molecule has 3 aromatic rings. The molecule has 2 N–H and O–H groups in total. The number of hydrogen-bond acceptors (Lipinski definition) is 7. The molecule has 0 bridgehead atoms. The van der Waals surface area contributed by atoms with Crippen molar-refractivity contribution < 1.29 is 23.2 Å². The molecule has 0 aromatic carbocycles. The van der Waals surface area contributed by atoms with Gasteiger partial charge in [-0.1, -0.05) is 11.2 Å². The van der Waals surface area contributed by atoms with Crippen LogP contribution in [0.5, 0.6) is 0 Å². The number of carbonyl (C=O) groups is 1. The van der Waals surface area contributed by atoms with E-state index in [4.69, 9.17) is 4.52 Å². The number of piperidine rings is 1. The van der Waals surface area contributed by atoms with E-state index in [0.29, 0.717) is 23.6 Å². The van der Waals surface area contributed by atoms with Gasteiger partial charge in [0.1, 0.15) is 5.82 Å². The van der Waals surface area contributed by atoms with Crippen LogP contribution in [0.25, 0.3) is 0 Å². The lowest BCUT2D eigenvalue weighted by atomic mass is 10.1. The molecule has 34 heavy (non-hydrogen) atoms. The van der Waals surface area contributed by atoms with Gasteiger partial charge < -0.3 is 24.4 Å². The molecular formula is C23H24F2N6O3. The number of nitrogens with one attached hydrogen (secondary N) is 1. The summed E-state index contributed by atoms with van der Waals surface area (Å²) in [6.07, 6.45) is 3.70. The first kappa shape index (κ1) is 21.2. The quantitative estimate of drug-likeness (QED) is 0.567. The number of aromatic nitrogens is 4. The second-order valence-corrected chi connectivity index (χ2v) is 9.34. The second-order valence-electron chi connectivity index (χ2n) is 9.34. The lowest BCUT2D eigenvalue weighted by Gasteiger charge is -2.22. The Kier molecular flexibility index (Phi) is 4.73. The molecule has 3 aromatic heterocycles. The van der Waals surface area contributed by atoms with Crippen molar-refractivity contribution in [3.05, 3.63) is 58.6 Å². The van der Waals surface area contributed by atoms with Crippen molar-refractivity contribution in [3.8, 4) is 0 Å². The summed E-state index contributed by atoms with van der Waals surface area (Å²) in [6, 6.07) is 5.00. The Morgan fingerprint density at radius 2 is 2.12 bits per heavy atom. The number of aliphatic hydroxyl groups is 1. The fourth-order valence-electron chi connectivity index (χ4n) is 5.24. The minimum Gasteiger partial charge on any atom is -0.390 e. The van der Waals surface area contributed by atoms with Crippen molar-refractivity contribution in [1.29, 1.82) is 0 Å². The zero-order chi connectivity index (χ0) is 23.6. The zero-order valence-corrected chi connectivity index (χ0v) is 18.5. The second kappa shape index (κ2) is 7.59. The number of alkyl halides is 2. The van der Waals surface area contributed by atoms with E-state index in [1.54, 1.807) is 18.5 Å². The Morgan fingerprint density at radius 1 is 1.32 bits per heavy atom. The molecule has 9 nitrogen and oxygen atoms in total. The average Bonchev–Trinajstić information content (AvgIpc) is 3.46. The first-order chi connectivity index (χ1) is 16.3. The largest absolute Gasteiger partial charge is 0.390 e. The molecule has 3 aliphatic rings. The van der Waals surface area contributed by atoms with Gasteiger partial charge in [0.25, 0.3) is 11.8 Å². The van der Waals surface area contributed by atoms with Crippen LogP contribution in [0.15, 0.2) is 29.0 Å². The molecule has 3 atom stereocenters. The van der Waals surface area contributed by atoms with Gasteiger partial charge in [0.05, 0.1) is 47.9 Å². The first-order valence-corrected chi connectivity index (χ1v) is 11.3. The van der Waals surface area contributed by atoms with E-state index < -0.39 is 17.8 Å². The highest BCUT2D eigenvalue weighted by Crippen LogP contribution is 2.59. The van der Waals surface area contributed by atoms with E-state index in [2.05, 4.69) is 20.4 Å². The Bertz CT molecular complexity index is 1260. The summed E-state index contributed by atoms with van der Waals surface area (Å²) < 4.78 is 34.2. The highest BCUT2D eigenvalue weighted by molar-refractivity contribution is 5.91. The SMILES string of the molecule is Cn1cnc2c1CC[C@H]2NC(=O)c1cc(Cc2ccc(N3CC4C(C3)C4(F)F)nc2CO)no1. The van der Waals surface area contributed by atoms with Crippen LogP contribution in [-0.4, -0.2) is 49.7 Å². The number of halogens is 2. The van der Waals surface area contributed by atoms with Crippen molar-refractivity contribution in [2.75, 3.05) is 18.0 Å². The molecule has 1 saturated heterocycles. The van der Waals surface area contributed by atoms with Gasteiger partial charge in [-0.3, -0.25) is 4.79 Å². The Morgan fingerprint density at radius 3 is 2.88 bits per heavy atom. The number of anilines is 1. The van der Waals surface area contributed by atoms with Crippen molar-refractivity contribution in [2.24, 2.45) is 18.9 Å². The van der Waals surface area contributed by atoms with Crippen LogP contribution in [0.3, 0.4) is 0 Å². The molecule has 0 spiro atoms. The molecule has 2 aliphatic carbocycles. The molecular weight excluding hydrogens is 446 g/mol. The van der Waals surface area contributed by atoms with Crippen molar-refractivity contribution >= 4 is 11.7 Å². The molecule has 2 unspecified atom stereocenters. The summed E-state index contributed by atoms with van der Waals surface area (Å²) in [7, 11) is 1.94. The number of aliphatic hydroxyl groups excluding tert-OH is 1. The topological polar surface area (TPSA) is 109 Å². The Balaban J connectivity index is 1.12. The zero-order valence-electron chi connectivity index (χ0n) is 18.5. The number of aryl methyl sites for hydroxylation is 1. The lowest BCUT2D eigenvalue weighted by Crippen LogP contribution is -2.28. The number of imidazole rings is 1. The maximum atomic E-state index is 13.5. The molecule has 4 heterocycles. The number of pyridine rings is 1. The van der Waals surface area contributed by atoms with Crippen LogP contribution in [0.4, 0.5) is 14.6 Å². The van der Waals surface area contributed by atoms with Gasteiger partial charge in [0.15, 0.2) is 0 Å². The van der Waals surface area contributed by atoms with E-state index in [1.165, 1.54) is 0 Å². The number of carbonyl (C=O) groups excluding carboxylic acids is 1. The number of rotatable bonds is 6. The first-order valence-electron chi connectivity index (χ1n) is 11.3. The van der Waals surface area contributed by atoms with Crippen molar-refractivity contribution in [1.82, 2.24) is 25.0 Å². The normalized spacial score (nSPS) is 24.2. The summed E-state index contributed by atoms with van der Waals surface area (Å²) in [5.41, 5.74) is 3.72. The fourth-order valence-corrected chi connectivity index (χ4v) is 5.24. The number of hydrogen-bond donors (Lipinski definition) is 2. The summed E-state index contributed by atoms with van der Waals surface area (Å²) in [5, 5.41) is 16.8. The monoisotopic (exact) mass is 470 g/mol. The minimum atomic E-state index is -2.55. The van der Waals surface area contributed by atoms with E-state index in [0.717, 1.165) is 29.8 Å². The minimum absolute atomic E-state index is 0.103. The van der Waals surface area contributed by atoms with Gasteiger partial charge >= 0.3 is 0 Å². The maximum Gasteiger partial charge on any atom is 0.290 e. The third kappa shape index (κ3) is 3.37. The molecule has 11 heteroatoms. The van der Waals surface area contributed by atoms with Gasteiger partial charge in [-0.25, -0.2) is 18.7 Å². The van der Waals surface area contributed by atoms with Crippen LogP contribution >= 0.6 is 0 Å². The van der Waals surface area contributed by atoms with Crippen LogP contribution in [-0.2, 0) is 26.5 Å². The van der Waals surface area contributed by atoms with E-state index >= 15 is 0 Å². The molecule has 1 amide bonds. The summed E-state index contributed by atoms with van der Waals surface area (Å²) in [6.45, 7) is 0.259. The van der Waals surface area contributed by atoms with Crippen LogP contribution in [0.1, 0.15) is 51.4 Å².